The highest BCUT2D eigenvalue weighted by molar-refractivity contribution is 5.75. The first-order valence-corrected chi connectivity index (χ1v) is 4.82. The second kappa shape index (κ2) is 4.58. The highest BCUT2D eigenvalue weighted by atomic mass is 19.1. The van der Waals surface area contributed by atoms with Crippen molar-refractivity contribution in [1.82, 2.24) is 0 Å². The van der Waals surface area contributed by atoms with Crippen molar-refractivity contribution in [3.8, 4) is 0 Å². The third-order valence-corrected chi connectivity index (χ3v) is 2.57. The first-order valence-electron chi connectivity index (χ1n) is 4.82. The van der Waals surface area contributed by atoms with Crippen molar-refractivity contribution in [3.05, 3.63) is 0 Å². The van der Waals surface area contributed by atoms with Gasteiger partial charge >= 0.3 is 0 Å². The molecule has 1 nitrogen and oxygen atoms in total. The van der Waals surface area contributed by atoms with Crippen LogP contribution in [0.5, 0.6) is 0 Å². The van der Waals surface area contributed by atoms with Crippen LogP contribution in [-0.4, -0.2) is 12.0 Å². The average Bonchev–Trinajstić information content (AvgIpc) is 2.37. The molecule has 0 radical (unpaired) electrons. The third kappa shape index (κ3) is 3.33. The van der Waals surface area contributed by atoms with Gasteiger partial charge in [0.05, 0.1) is 0 Å². The summed E-state index contributed by atoms with van der Waals surface area (Å²) in [6, 6.07) is 0. The summed E-state index contributed by atoms with van der Waals surface area (Å²) in [6.45, 7) is 1.46. The SMILES string of the molecule is CC(=O)CC(F)CC1CCCC1. The van der Waals surface area contributed by atoms with Gasteiger partial charge in [0.15, 0.2) is 0 Å². The van der Waals surface area contributed by atoms with Crippen LogP contribution in [0.15, 0.2) is 0 Å². The van der Waals surface area contributed by atoms with Crippen LogP contribution in [0.1, 0.15) is 45.4 Å². The summed E-state index contributed by atoms with van der Waals surface area (Å²) in [4.78, 5) is 10.6. The van der Waals surface area contributed by atoms with Gasteiger partial charge in [0.1, 0.15) is 12.0 Å². The molecular weight excluding hydrogens is 155 g/mol. The predicted octanol–water partition coefficient (Wildman–Crippen LogP) is 2.88. The van der Waals surface area contributed by atoms with Crippen LogP contribution < -0.4 is 0 Å². The third-order valence-electron chi connectivity index (χ3n) is 2.57. The lowest BCUT2D eigenvalue weighted by atomic mass is 9.98. The van der Waals surface area contributed by atoms with Gasteiger partial charge in [-0.1, -0.05) is 25.7 Å². The van der Waals surface area contributed by atoms with Crippen molar-refractivity contribution in [1.29, 1.82) is 0 Å². The van der Waals surface area contributed by atoms with Gasteiger partial charge in [0.2, 0.25) is 0 Å². The molecule has 0 saturated heterocycles. The molecule has 0 bridgehead atoms. The van der Waals surface area contributed by atoms with Gasteiger partial charge in [-0.25, -0.2) is 4.39 Å². The first-order chi connectivity index (χ1) is 5.68. The number of carbonyl (C=O) groups excluding carboxylic acids is 1. The van der Waals surface area contributed by atoms with Crippen molar-refractivity contribution >= 4 is 5.78 Å². The van der Waals surface area contributed by atoms with E-state index in [4.69, 9.17) is 0 Å². The standard InChI is InChI=1S/C10H17FO/c1-8(12)6-10(11)7-9-4-2-3-5-9/h9-10H,2-7H2,1H3. The molecule has 0 aromatic rings. The van der Waals surface area contributed by atoms with E-state index in [0.717, 1.165) is 0 Å². The second-order valence-electron chi connectivity index (χ2n) is 3.89. The molecule has 0 amide bonds. The zero-order chi connectivity index (χ0) is 8.97. The van der Waals surface area contributed by atoms with Crippen molar-refractivity contribution < 1.29 is 9.18 Å². The Hall–Kier alpha value is -0.400. The quantitative estimate of drug-likeness (QED) is 0.637. The Morgan fingerprint density at radius 1 is 1.50 bits per heavy atom. The molecule has 0 N–H and O–H groups in total. The minimum Gasteiger partial charge on any atom is -0.300 e. The number of ketones is 1. The monoisotopic (exact) mass is 172 g/mol. The van der Waals surface area contributed by atoms with Crippen LogP contribution in [0.2, 0.25) is 0 Å². The van der Waals surface area contributed by atoms with Crippen LogP contribution in [0.3, 0.4) is 0 Å². The molecule has 12 heavy (non-hydrogen) atoms. The van der Waals surface area contributed by atoms with Gasteiger partial charge in [0, 0.05) is 6.42 Å². The molecule has 70 valence electrons. The van der Waals surface area contributed by atoms with E-state index in [-0.39, 0.29) is 12.2 Å². The highest BCUT2D eigenvalue weighted by Gasteiger charge is 2.20. The van der Waals surface area contributed by atoms with Gasteiger partial charge in [-0.3, -0.25) is 4.79 Å². The van der Waals surface area contributed by atoms with Crippen molar-refractivity contribution in [2.45, 2.75) is 51.6 Å². The molecule has 1 atom stereocenters. The van der Waals surface area contributed by atoms with Crippen LogP contribution in [-0.2, 0) is 4.79 Å². The number of carbonyl (C=O) groups is 1. The van der Waals surface area contributed by atoms with Crippen molar-refractivity contribution in [3.63, 3.8) is 0 Å². The van der Waals surface area contributed by atoms with Gasteiger partial charge in [0.25, 0.3) is 0 Å². The van der Waals surface area contributed by atoms with Gasteiger partial charge in [-0.2, -0.15) is 0 Å². The molecule has 1 fully saturated rings. The van der Waals surface area contributed by atoms with Gasteiger partial charge in [-0.15, -0.1) is 0 Å². The van der Waals surface area contributed by atoms with Crippen LogP contribution in [0.25, 0.3) is 0 Å². The number of alkyl halides is 1. The van der Waals surface area contributed by atoms with E-state index in [9.17, 15) is 9.18 Å². The summed E-state index contributed by atoms with van der Waals surface area (Å²) in [5, 5.41) is 0. The van der Waals surface area contributed by atoms with Crippen LogP contribution >= 0.6 is 0 Å². The Morgan fingerprint density at radius 3 is 2.58 bits per heavy atom. The minimum absolute atomic E-state index is 0.0273. The normalized spacial score (nSPS) is 21.2. The molecule has 0 spiro atoms. The largest absolute Gasteiger partial charge is 0.300 e. The zero-order valence-electron chi connectivity index (χ0n) is 7.68. The molecule has 1 saturated carbocycles. The number of halogens is 1. The maximum atomic E-state index is 13.1. The lowest BCUT2D eigenvalue weighted by Gasteiger charge is -2.11. The van der Waals surface area contributed by atoms with Gasteiger partial charge < -0.3 is 0 Å². The second-order valence-corrected chi connectivity index (χ2v) is 3.89. The molecule has 0 aliphatic heterocycles. The number of rotatable bonds is 4. The number of Topliss-reactive ketones (excluding diaryl/α,β-unsaturated/α-hetero) is 1. The Kier molecular flexibility index (Phi) is 3.70. The van der Waals surface area contributed by atoms with E-state index in [1.807, 2.05) is 0 Å². The average molecular weight is 172 g/mol. The summed E-state index contributed by atoms with van der Waals surface area (Å²) in [7, 11) is 0. The summed E-state index contributed by atoms with van der Waals surface area (Å²) in [5.74, 6) is 0.528. The molecule has 2 heteroatoms. The van der Waals surface area contributed by atoms with E-state index in [1.165, 1.54) is 32.6 Å². The summed E-state index contributed by atoms with van der Waals surface area (Å²) < 4.78 is 13.1. The molecule has 0 aromatic carbocycles. The smallest absolute Gasteiger partial charge is 0.132 e. The lowest BCUT2D eigenvalue weighted by Crippen LogP contribution is -2.10. The summed E-state index contributed by atoms with van der Waals surface area (Å²) >= 11 is 0. The summed E-state index contributed by atoms with van der Waals surface area (Å²) in [5.41, 5.74) is 0. The van der Waals surface area contributed by atoms with Crippen molar-refractivity contribution in [2.24, 2.45) is 5.92 Å². The Balaban J connectivity index is 2.16. The predicted molar refractivity (Wildman–Crippen MR) is 46.8 cm³/mol. The molecule has 1 unspecified atom stereocenters. The van der Waals surface area contributed by atoms with E-state index in [2.05, 4.69) is 0 Å². The maximum absolute atomic E-state index is 13.1. The lowest BCUT2D eigenvalue weighted by molar-refractivity contribution is -0.118. The topological polar surface area (TPSA) is 17.1 Å². The molecule has 0 aromatic heterocycles. The molecule has 1 rings (SSSR count). The fourth-order valence-corrected chi connectivity index (χ4v) is 2.00. The molecule has 1 aliphatic rings. The van der Waals surface area contributed by atoms with E-state index >= 15 is 0 Å². The van der Waals surface area contributed by atoms with Crippen LogP contribution in [0.4, 0.5) is 4.39 Å². The summed E-state index contributed by atoms with van der Waals surface area (Å²) in [6.07, 6.45) is 4.67. The Morgan fingerprint density at radius 2 is 2.08 bits per heavy atom. The fraction of sp³-hybridized carbons (Fsp3) is 0.900. The Bertz CT molecular complexity index is 150. The number of hydrogen-bond acceptors (Lipinski definition) is 1. The molecule has 0 heterocycles. The van der Waals surface area contributed by atoms with E-state index in [0.29, 0.717) is 12.3 Å². The maximum Gasteiger partial charge on any atom is 0.132 e. The first kappa shape index (κ1) is 9.69. The number of hydrogen-bond donors (Lipinski definition) is 0. The van der Waals surface area contributed by atoms with Crippen LogP contribution in [0, 0.1) is 5.92 Å². The van der Waals surface area contributed by atoms with Gasteiger partial charge in [-0.05, 0) is 19.3 Å². The highest BCUT2D eigenvalue weighted by Crippen LogP contribution is 2.29. The van der Waals surface area contributed by atoms with E-state index < -0.39 is 6.17 Å². The van der Waals surface area contributed by atoms with E-state index in [1.54, 1.807) is 0 Å². The molecular formula is C10H17FO. The van der Waals surface area contributed by atoms with Crippen molar-refractivity contribution in [2.75, 3.05) is 0 Å². The fourth-order valence-electron chi connectivity index (χ4n) is 2.00. The Labute approximate surface area is 73.3 Å². The molecule has 1 aliphatic carbocycles. The minimum atomic E-state index is -0.884. The zero-order valence-corrected chi connectivity index (χ0v) is 7.68.